The number of nitrogens with zero attached hydrogens (tertiary/aromatic N) is 1. The highest BCUT2D eigenvalue weighted by Crippen LogP contribution is 2.18. The molecule has 0 saturated heterocycles. The molecule has 6 heteroatoms. The number of benzene rings is 2. The summed E-state index contributed by atoms with van der Waals surface area (Å²) in [4.78, 5) is 22.5. The van der Waals surface area contributed by atoms with Gasteiger partial charge in [0.1, 0.15) is 11.5 Å². The molecular formula is C16H11FN4O. The molecule has 4 aromatic rings. The zero-order valence-electron chi connectivity index (χ0n) is 11.4. The van der Waals surface area contributed by atoms with Crippen LogP contribution in [0.2, 0.25) is 0 Å². The SMILES string of the molecule is O=C(Nc1nc2ccccc2[nH]1)c1cc2cc(F)ccc2[nH]1. The molecule has 0 fully saturated rings. The zero-order valence-corrected chi connectivity index (χ0v) is 11.4. The second kappa shape index (κ2) is 4.70. The van der Waals surface area contributed by atoms with E-state index in [1.165, 1.54) is 12.1 Å². The maximum Gasteiger partial charge on any atom is 0.274 e. The van der Waals surface area contributed by atoms with Crippen molar-refractivity contribution in [3.8, 4) is 0 Å². The topological polar surface area (TPSA) is 73.6 Å². The molecule has 2 aromatic heterocycles. The standard InChI is InChI=1S/C16H11FN4O/c17-10-5-6-11-9(7-10)8-14(18-11)15(22)21-16-19-12-3-1-2-4-13(12)20-16/h1-8,18H,(H2,19,20,21,22). The van der Waals surface area contributed by atoms with Crippen LogP contribution in [0.3, 0.4) is 0 Å². The molecule has 1 amide bonds. The van der Waals surface area contributed by atoms with Gasteiger partial charge in [-0.25, -0.2) is 9.37 Å². The fourth-order valence-electron chi connectivity index (χ4n) is 2.41. The van der Waals surface area contributed by atoms with E-state index in [0.29, 0.717) is 22.5 Å². The number of imidazole rings is 1. The van der Waals surface area contributed by atoms with Crippen molar-refractivity contribution < 1.29 is 9.18 Å². The van der Waals surface area contributed by atoms with Gasteiger partial charge in [0, 0.05) is 10.9 Å². The van der Waals surface area contributed by atoms with Gasteiger partial charge < -0.3 is 9.97 Å². The van der Waals surface area contributed by atoms with Gasteiger partial charge in [-0.15, -0.1) is 0 Å². The first-order valence-electron chi connectivity index (χ1n) is 6.73. The molecule has 0 aliphatic heterocycles. The number of nitrogens with one attached hydrogen (secondary N) is 3. The molecule has 22 heavy (non-hydrogen) atoms. The number of hydrogen-bond acceptors (Lipinski definition) is 2. The lowest BCUT2D eigenvalue weighted by atomic mass is 10.2. The maximum absolute atomic E-state index is 13.2. The van der Waals surface area contributed by atoms with Crippen LogP contribution in [-0.4, -0.2) is 20.9 Å². The highest BCUT2D eigenvalue weighted by Gasteiger charge is 2.12. The molecule has 0 aliphatic rings. The molecule has 0 spiro atoms. The third-order valence-corrected chi connectivity index (χ3v) is 3.45. The molecule has 108 valence electrons. The van der Waals surface area contributed by atoms with Crippen LogP contribution < -0.4 is 5.32 Å². The van der Waals surface area contributed by atoms with Gasteiger partial charge in [0.05, 0.1) is 11.0 Å². The van der Waals surface area contributed by atoms with E-state index in [-0.39, 0.29) is 11.7 Å². The normalized spacial score (nSPS) is 11.1. The number of hydrogen-bond donors (Lipinski definition) is 3. The number of rotatable bonds is 2. The molecule has 0 radical (unpaired) electrons. The molecule has 2 aromatic carbocycles. The summed E-state index contributed by atoms with van der Waals surface area (Å²) in [6, 6.07) is 13.4. The van der Waals surface area contributed by atoms with Crippen molar-refractivity contribution in [2.75, 3.05) is 5.32 Å². The van der Waals surface area contributed by atoms with Gasteiger partial charge in [0.15, 0.2) is 0 Å². The first-order valence-corrected chi connectivity index (χ1v) is 6.73. The minimum atomic E-state index is -0.337. The van der Waals surface area contributed by atoms with Gasteiger partial charge in [-0.1, -0.05) is 12.1 Å². The lowest BCUT2D eigenvalue weighted by molar-refractivity contribution is 0.102. The van der Waals surface area contributed by atoms with Crippen LogP contribution in [-0.2, 0) is 0 Å². The van der Waals surface area contributed by atoms with E-state index >= 15 is 0 Å². The Hall–Kier alpha value is -3.15. The van der Waals surface area contributed by atoms with Crippen molar-refractivity contribution in [2.45, 2.75) is 0 Å². The average molecular weight is 294 g/mol. The lowest BCUT2D eigenvalue weighted by Gasteiger charge is -1.98. The Morgan fingerprint density at radius 1 is 1.05 bits per heavy atom. The predicted octanol–water partition coefficient (Wildman–Crippen LogP) is 3.44. The average Bonchev–Trinajstić information content (AvgIpc) is 3.09. The van der Waals surface area contributed by atoms with Crippen LogP contribution in [0.25, 0.3) is 21.9 Å². The summed E-state index contributed by atoms with van der Waals surface area (Å²) in [6.45, 7) is 0. The van der Waals surface area contributed by atoms with Crippen LogP contribution in [0.1, 0.15) is 10.5 Å². The van der Waals surface area contributed by atoms with Gasteiger partial charge >= 0.3 is 0 Å². The predicted molar refractivity (Wildman–Crippen MR) is 82.3 cm³/mol. The summed E-state index contributed by atoms with van der Waals surface area (Å²) in [6.07, 6.45) is 0. The molecule has 2 heterocycles. The number of halogens is 1. The van der Waals surface area contributed by atoms with E-state index in [1.807, 2.05) is 24.3 Å². The van der Waals surface area contributed by atoms with Gasteiger partial charge in [0.2, 0.25) is 5.95 Å². The van der Waals surface area contributed by atoms with Crippen molar-refractivity contribution in [1.82, 2.24) is 15.0 Å². The number of fused-ring (bicyclic) bond motifs is 2. The minimum absolute atomic E-state index is 0.337. The second-order valence-electron chi connectivity index (χ2n) is 4.97. The Kier molecular flexibility index (Phi) is 2.69. The largest absolute Gasteiger partial charge is 0.351 e. The van der Waals surface area contributed by atoms with Crippen molar-refractivity contribution >= 4 is 33.8 Å². The van der Waals surface area contributed by atoms with E-state index in [4.69, 9.17) is 0 Å². The van der Waals surface area contributed by atoms with Crippen molar-refractivity contribution in [3.05, 3.63) is 60.0 Å². The molecular weight excluding hydrogens is 283 g/mol. The number of carbonyl (C=O) groups is 1. The summed E-state index contributed by atoms with van der Waals surface area (Å²) in [5.41, 5.74) is 2.67. The molecule has 0 aliphatic carbocycles. The van der Waals surface area contributed by atoms with Crippen molar-refractivity contribution in [2.24, 2.45) is 0 Å². The summed E-state index contributed by atoms with van der Waals surface area (Å²) < 4.78 is 13.2. The summed E-state index contributed by atoms with van der Waals surface area (Å²) in [5.74, 6) is -0.303. The van der Waals surface area contributed by atoms with Crippen molar-refractivity contribution in [3.63, 3.8) is 0 Å². The van der Waals surface area contributed by atoms with Gasteiger partial charge in [-0.05, 0) is 36.4 Å². The van der Waals surface area contributed by atoms with E-state index in [1.54, 1.807) is 12.1 Å². The van der Waals surface area contributed by atoms with E-state index in [0.717, 1.165) is 11.0 Å². The van der Waals surface area contributed by atoms with Crippen molar-refractivity contribution in [1.29, 1.82) is 0 Å². The van der Waals surface area contributed by atoms with Crippen LogP contribution in [0.4, 0.5) is 10.3 Å². The molecule has 5 nitrogen and oxygen atoms in total. The van der Waals surface area contributed by atoms with Crippen LogP contribution in [0.15, 0.2) is 48.5 Å². The first-order chi connectivity index (χ1) is 10.7. The first kappa shape index (κ1) is 12.6. The fraction of sp³-hybridized carbons (Fsp3) is 0. The number of para-hydroxylation sites is 2. The highest BCUT2D eigenvalue weighted by molar-refractivity contribution is 6.05. The Labute approximate surface area is 124 Å². The third kappa shape index (κ3) is 2.10. The van der Waals surface area contributed by atoms with Crippen LogP contribution in [0.5, 0.6) is 0 Å². The summed E-state index contributed by atoms with van der Waals surface area (Å²) in [7, 11) is 0. The molecule has 4 rings (SSSR count). The maximum atomic E-state index is 13.2. The third-order valence-electron chi connectivity index (χ3n) is 3.45. The molecule has 0 atom stereocenters. The number of H-pyrrole nitrogens is 2. The monoisotopic (exact) mass is 294 g/mol. The minimum Gasteiger partial charge on any atom is -0.351 e. The second-order valence-corrected chi connectivity index (χ2v) is 4.97. The lowest BCUT2D eigenvalue weighted by Crippen LogP contribution is -2.13. The zero-order chi connectivity index (χ0) is 15.1. The number of aromatic nitrogens is 3. The van der Waals surface area contributed by atoms with Crippen LogP contribution >= 0.6 is 0 Å². The number of amides is 1. The molecule has 0 bridgehead atoms. The smallest absolute Gasteiger partial charge is 0.274 e. The Morgan fingerprint density at radius 2 is 1.91 bits per heavy atom. The number of anilines is 1. The fourth-order valence-corrected chi connectivity index (χ4v) is 2.41. The van der Waals surface area contributed by atoms with E-state index < -0.39 is 0 Å². The Morgan fingerprint density at radius 3 is 2.77 bits per heavy atom. The Bertz CT molecular complexity index is 969. The summed E-state index contributed by atoms with van der Waals surface area (Å²) >= 11 is 0. The number of aromatic amines is 2. The van der Waals surface area contributed by atoms with Gasteiger partial charge in [-0.2, -0.15) is 0 Å². The highest BCUT2D eigenvalue weighted by atomic mass is 19.1. The molecule has 0 saturated carbocycles. The van der Waals surface area contributed by atoms with E-state index in [2.05, 4.69) is 20.3 Å². The Balaban J connectivity index is 1.65. The van der Waals surface area contributed by atoms with Gasteiger partial charge in [-0.3, -0.25) is 10.1 Å². The van der Waals surface area contributed by atoms with Crippen LogP contribution in [0, 0.1) is 5.82 Å². The van der Waals surface area contributed by atoms with Gasteiger partial charge in [0.25, 0.3) is 5.91 Å². The number of carbonyl (C=O) groups excluding carboxylic acids is 1. The molecule has 0 unspecified atom stereocenters. The summed E-state index contributed by atoms with van der Waals surface area (Å²) in [5, 5.41) is 3.34. The molecule has 3 N–H and O–H groups in total. The van der Waals surface area contributed by atoms with E-state index in [9.17, 15) is 9.18 Å². The quantitative estimate of drug-likeness (QED) is 0.530.